The van der Waals surface area contributed by atoms with Gasteiger partial charge in [-0.3, -0.25) is 13.9 Å². The van der Waals surface area contributed by atoms with E-state index in [2.05, 4.69) is 5.32 Å². The van der Waals surface area contributed by atoms with Gasteiger partial charge in [-0.15, -0.1) is 0 Å². The fraction of sp³-hybridized carbons (Fsp3) is 0.235. The predicted molar refractivity (Wildman–Crippen MR) is 166 cm³/mol. The zero-order valence-electron chi connectivity index (χ0n) is 24.3. The van der Waals surface area contributed by atoms with Crippen molar-refractivity contribution in [2.75, 3.05) is 17.4 Å². The minimum absolute atomic E-state index is 0.0151. The smallest absolute Gasteiger partial charge is 0.264 e. The lowest BCUT2D eigenvalue weighted by atomic mass is 10.0. The predicted octanol–water partition coefficient (Wildman–Crippen LogP) is 5.50. The van der Waals surface area contributed by atoms with Crippen LogP contribution < -0.4 is 9.62 Å². The van der Waals surface area contributed by atoms with Gasteiger partial charge >= 0.3 is 0 Å². The molecule has 0 aliphatic carbocycles. The zero-order chi connectivity index (χ0) is 30.8. The van der Waals surface area contributed by atoms with Crippen LogP contribution in [0.25, 0.3) is 0 Å². The first-order valence-corrected chi connectivity index (χ1v) is 15.6. The SMILES string of the molecule is CCCNC(=O)[C@H](Cc1ccccc1)N(Cc1ccc(C)cc1)C(=O)CN(c1ccc(F)cc1)S(=O)(=O)c1ccccc1. The second-order valence-corrected chi connectivity index (χ2v) is 12.2. The molecule has 1 N–H and O–H groups in total. The number of halogens is 1. The number of nitrogens with one attached hydrogen (secondary N) is 1. The molecule has 7 nitrogen and oxygen atoms in total. The molecule has 0 aliphatic rings. The summed E-state index contributed by atoms with van der Waals surface area (Å²) in [5.41, 5.74) is 2.82. The van der Waals surface area contributed by atoms with Crippen molar-refractivity contribution in [2.24, 2.45) is 0 Å². The van der Waals surface area contributed by atoms with Gasteiger partial charge < -0.3 is 10.2 Å². The van der Waals surface area contributed by atoms with E-state index < -0.39 is 34.3 Å². The normalized spacial score (nSPS) is 11.9. The average Bonchev–Trinajstić information content (AvgIpc) is 3.02. The molecule has 0 heterocycles. The minimum Gasteiger partial charge on any atom is -0.354 e. The molecule has 4 aromatic rings. The summed E-state index contributed by atoms with van der Waals surface area (Å²) in [5.74, 6) is -1.44. The standard InChI is InChI=1S/C34H36FN3O4S/c1-3-22-36-34(40)32(23-27-10-6-4-7-11-27)37(24-28-16-14-26(2)15-17-28)33(39)25-38(30-20-18-29(35)19-21-30)43(41,42)31-12-8-5-9-13-31/h4-21,32H,3,22-25H2,1-2H3,(H,36,40)/t32-/m0/s1. The largest absolute Gasteiger partial charge is 0.354 e. The van der Waals surface area contributed by atoms with Gasteiger partial charge in [0.25, 0.3) is 10.0 Å². The van der Waals surface area contributed by atoms with Crippen molar-refractivity contribution in [1.29, 1.82) is 0 Å². The Kier molecular flexibility index (Phi) is 10.7. The first-order valence-electron chi connectivity index (χ1n) is 14.2. The molecule has 0 unspecified atom stereocenters. The summed E-state index contributed by atoms with van der Waals surface area (Å²) in [4.78, 5) is 29.4. The molecule has 4 aromatic carbocycles. The van der Waals surface area contributed by atoms with Crippen LogP contribution in [0.5, 0.6) is 0 Å². The van der Waals surface area contributed by atoms with Gasteiger partial charge in [0, 0.05) is 19.5 Å². The van der Waals surface area contributed by atoms with E-state index in [1.807, 2.05) is 68.4 Å². The van der Waals surface area contributed by atoms with Gasteiger partial charge in [-0.1, -0.05) is 85.3 Å². The lowest BCUT2D eigenvalue weighted by molar-refractivity contribution is -0.140. The monoisotopic (exact) mass is 601 g/mol. The van der Waals surface area contributed by atoms with Gasteiger partial charge in [0.1, 0.15) is 18.4 Å². The molecular weight excluding hydrogens is 565 g/mol. The molecule has 43 heavy (non-hydrogen) atoms. The summed E-state index contributed by atoms with van der Waals surface area (Å²) in [7, 11) is -4.23. The van der Waals surface area contributed by atoms with E-state index in [1.54, 1.807) is 18.2 Å². The Labute approximate surface area is 253 Å². The third kappa shape index (κ3) is 8.29. The molecule has 0 aliphatic heterocycles. The van der Waals surface area contributed by atoms with Crippen molar-refractivity contribution in [3.63, 3.8) is 0 Å². The number of amides is 2. The van der Waals surface area contributed by atoms with Crippen molar-refractivity contribution >= 4 is 27.5 Å². The van der Waals surface area contributed by atoms with E-state index in [-0.39, 0.29) is 29.5 Å². The molecular formula is C34H36FN3O4S. The molecule has 0 saturated carbocycles. The highest BCUT2D eigenvalue weighted by Crippen LogP contribution is 2.25. The fourth-order valence-electron chi connectivity index (χ4n) is 4.67. The summed E-state index contributed by atoms with van der Waals surface area (Å²) in [6.45, 7) is 3.81. The molecule has 0 bridgehead atoms. The quantitative estimate of drug-likeness (QED) is 0.219. The molecule has 9 heteroatoms. The maximum atomic E-state index is 14.3. The van der Waals surface area contributed by atoms with Crippen LogP contribution in [0.1, 0.15) is 30.0 Å². The molecule has 2 amide bonds. The Morgan fingerprint density at radius 2 is 1.42 bits per heavy atom. The van der Waals surface area contributed by atoms with E-state index in [4.69, 9.17) is 0 Å². The van der Waals surface area contributed by atoms with Gasteiger partial charge in [-0.25, -0.2) is 12.8 Å². The van der Waals surface area contributed by atoms with Crippen molar-refractivity contribution in [3.8, 4) is 0 Å². The van der Waals surface area contributed by atoms with Crippen LogP contribution in [-0.2, 0) is 32.6 Å². The number of anilines is 1. The van der Waals surface area contributed by atoms with E-state index in [1.165, 1.54) is 29.2 Å². The Hall–Kier alpha value is -4.50. The van der Waals surface area contributed by atoms with Crippen LogP contribution in [0.2, 0.25) is 0 Å². The molecule has 224 valence electrons. The van der Waals surface area contributed by atoms with Crippen molar-refractivity contribution in [1.82, 2.24) is 10.2 Å². The number of rotatable bonds is 13. The molecule has 0 saturated heterocycles. The minimum atomic E-state index is -4.23. The van der Waals surface area contributed by atoms with Crippen LogP contribution in [0.4, 0.5) is 10.1 Å². The maximum Gasteiger partial charge on any atom is 0.264 e. The number of carbonyl (C=O) groups excluding carboxylic acids is 2. The summed E-state index contributed by atoms with van der Waals surface area (Å²) < 4.78 is 42.6. The lowest BCUT2D eigenvalue weighted by Crippen LogP contribution is -2.53. The van der Waals surface area contributed by atoms with Crippen LogP contribution >= 0.6 is 0 Å². The van der Waals surface area contributed by atoms with Crippen molar-refractivity contribution < 1.29 is 22.4 Å². The van der Waals surface area contributed by atoms with Gasteiger partial charge in [-0.2, -0.15) is 0 Å². The molecule has 0 radical (unpaired) electrons. The first kappa shape index (κ1) is 31.4. The highest BCUT2D eigenvalue weighted by Gasteiger charge is 2.34. The zero-order valence-corrected chi connectivity index (χ0v) is 25.1. The van der Waals surface area contributed by atoms with Crippen molar-refractivity contribution in [3.05, 3.63) is 132 Å². The number of sulfonamides is 1. The topological polar surface area (TPSA) is 86.8 Å². The Bertz CT molecular complexity index is 1600. The first-order chi connectivity index (χ1) is 20.7. The summed E-state index contributed by atoms with van der Waals surface area (Å²) in [5, 5.41) is 2.92. The molecule has 0 spiro atoms. The molecule has 0 fully saturated rings. The highest BCUT2D eigenvalue weighted by atomic mass is 32.2. The van der Waals surface area contributed by atoms with Gasteiger partial charge in [0.2, 0.25) is 11.8 Å². The Morgan fingerprint density at radius 3 is 2.02 bits per heavy atom. The highest BCUT2D eigenvalue weighted by molar-refractivity contribution is 7.92. The molecule has 4 rings (SSSR count). The number of nitrogens with zero attached hydrogens (tertiary/aromatic N) is 2. The summed E-state index contributed by atoms with van der Waals surface area (Å²) >= 11 is 0. The average molecular weight is 602 g/mol. The van der Waals surface area contributed by atoms with E-state index in [0.29, 0.717) is 13.0 Å². The fourth-order valence-corrected chi connectivity index (χ4v) is 6.10. The number of carbonyl (C=O) groups is 2. The second kappa shape index (κ2) is 14.6. The summed E-state index contributed by atoms with van der Waals surface area (Å²) in [6.07, 6.45) is 0.944. The van der Waals surface area contributed by atoms with Crippen LogP contribution in [0, 0.1) is 12.7 Å². The number of benzene rings is 4. The maximum absolute atomic E-state index is 14.3. The third-order valence-electron chi connectivity index (χ3n) is 7.02. The Balaban J connectivity index is 1.78. The molecule has 1 atom stereocenters. The van der Waals surface area contributed by atoms with E-state index in [0.717, 1.165) is 33.1 Å². The van der Waals surface area contributed by atoms with Gasteiger partial charge in [0.15, 0.2) is 0 Å². The van der Waals surface area contributed by atoms with Gasteiger partial charge in [0.05, 0.1) is 10.6 Å². The van der Waals surface area contributed by atoms with Crippen LogP contribution in [0.3, 0.4) is 0 Å². The van der Waals surface area contributed by atoms with Crippen LogP contribution in [-0.4, -0.2) is 44.3 Å². The second-order valence-electron chi connectivity index (χ2n) is 10.3. The summed E-state index contributed by atoms with van der Waals surface area (Å²) in [6, 6.07) is 28.8. The van der Waals surface area contributed by atoms with E-state index in [9.17, 15) is 22.4 Å². The Morgan fingerprint density at radius 1 is 0.814 bits per heavy atom. The number of hydrogen-bond donors (Lipinski definition) is 1. The van der Waals surface area contributed by atoms with Crippen molar-refractivity contribution in [2.45, 2.75) is 44.2 Å². The van der Waals surface area contributed by atoms with E-state index >= 15 is 0 Å². The molecule has 0 aromatic heterocycles. The number of aryl methyl sites for hydroxylation is 1. The number of hydrogen-bond acceptors (Lipinski definition) is 4. The third-order valence-corrected chi connectivity index (χ3v) is 8.81. The lowest BCUT2D eigenvalue weighted by Gasteiger charge is -2.34. The van der Waals surface area contributed by atoms with Crippen LogP contribution in [0.15, 0.2) is 114 Å². The van der Waals surface area contributed by atoms with Gasteiger partial charge in [-0.05, 0) is 60.9 Å².